The van der Waals surface area contributed by atoms with Crippen molar-refractivity contribution in [1.29, 1.82) is 0 Å². The van der Waals surface area contributed by atoms with Crippen molar-refractivity contribution in [2.45, 2.75) is 20.3 Å². The van der Waals surface area contributed by atoms with E-state index in [2.05, 4.69) is 22.5 Å². The lowest BCUT2D eigenvalue weighted by atomic mass is 10.0. The normalized spacial score (nSPS) is 10.9. The van der Waals surface area contributed by atoms with Crippen LogP contribution in [0, 0.1) is 6.92 Å². The van der Waals surface area contributed by atoms with E-state index in [-0.39, 0.29) is 11.8 Å². The fraction of sp³-hybridized carbons (Fsp3) is 0.261. The minimum atomic E-state index is -0.182. The molecule has 150 valence electrons. The minimum Gasteiger partial charge on any atom is -0.325 e. The predicted octanol–water partition coefficient (Wildman–Crippen LogP) is 3.86. The monoisotopic (exact) mass is 390 g/mol. The molecule has 0 aliphatic heterocycles. The number of nitrogens with one attached hydrogen (secondary N) is 2. The van der Waals surface area contributed by atoms with Gasteiger partial charge in [0.1, 0.15) is 0 Å². The molecule has 0 fully saturated rings. The van der Waals surface area contributed by atoms with Crippen molar-refractivity contribution in [2.75, 3.05) is 31.3 Å². The number of aromatic nitrogens is 1. The zero-order valence-corrected chi connectivity index (χ0v) is 17.2. The van der Waals surface area contributed by atoms with Crippen LogP contribution in [0.1, 0.15) is 28.5 Å². The summed E-state index contributed by atoms with van der Waals surface area (Å²) in [6.45, 7) is 4.28. The van der Waals surface area contributed by atoms with E-state index in [1.165, 1.54) is 0 Å². The van der Waals surface area contributed by atoms with Gasteiger partial charge in [-0.3, -0.25) is 14.6 Å². The third kappa shape index (κ3) is 5.18. The van der Waals surface area contributed by atoms with Crippen LogP contribution in [-0.4, -0.2) is 42.3 Å². The standard InChI is InChI=1S/C23H26N4O2/c1-5-16-6-11-21-19(13-16)20(12-15(2)24-21)23(29)26-18-9-7-17(8-10-18)25-22(28)14-27(3)4/h6-13H,5,14H2,1-4H3,(H,25,28)(H,26,29). The van der Waals surface area contributed by atoms with Gasteiger partial charge in [-0.2, -0.15) is 0 Å². The molecular weight excluding hydrogens is 364 g/mol. The van der Waals surface area contributed by atoms with Crippen molar-refractivity contribution in [3.05, 3.63) is 65.4 Å². The highest BCUT2D eigenvalue weighted by atomic mass is 16.2. The van der Waals surface area contributed by atoms with Gasteiger partial charge in [-0.25, -0.2) is 0 Å². The molecule has 0 aliphatic rings. The number of amides is 2. The van der Waals surface area contributed by atoms with Gasteiger partial charge in [0.2, 0.25) is 5.91 Å². The Kier molecular flexibility index (Phi) is 6.24. The molecule has 0 aliphatic carbocycles. The summed E-state index contributed by atoms with van der Waals surface area (Å²) >= 11 is 0. The zero-order valence-electron chi connectivity index (χ0n) is 17.2. The number of nitrogens with zero attached hydrogens (tertiary/aromatic N) is 2. The quantitative estimate of drug-likeness (QED) is 0.670. The molecule has 0 saturated heterocycles. The van der Waals surface area contributed by atoms with Crippen LogP contribution < -0.4 is 10.6 Å². The van der Waals surface area contributed by atoms with Crippen LogP contribution in [0.3, 0.4) is 0 Å². The van der Waals surface area contributed by atoms with Gasteiger partial charge in [0.05, 0.1) is 17.6 Å². The van der Waals surface area contributed by atoms with E-state index in [0.717, 1.165) is 28.6 Å². The lowest BCUT2D eigenvalue weighted by Crippen LogP contribution is -2.27. The van der Waals surface area contributed by atoms with Gasteiger partial charge in [0.25, 0.3) is 5.91 Å². The highest BCUT2D eigenvalue weighted by molar-refractivity contribution is 6.12. The molecule has 0 unspecified atom stereocenters. The first kappa shape index (κ1) is 20.5. The van der Waals surface area contributed by atoms with E-state index in [0.29, 0.717) is 23.5 Å². The van der Waals surface area contributed by atoms with E-state index < -0.39 is 0 Å². The number of pyridine rings is 1. The second kappa shape index (κ2) is 8.84. The Bertz CT molecular complexity index is 1040. The fourth-order valence-electron chi connectivity index (χ4n) is 3.14. The van der Waals surface area contributed by atoms with Gasteiger partial charge < -0.3 is 15.5 Å². The van der Waals surface area contributed by atoms with E-state index in [9.17, 15) is 9.59 Å². The van der Waals surface area contributed by atoms with Gasteiger partial charge >= 0.3 is 0 Å². The Morgan fingerprint density at radius 2 is 1.62 bits per heavy atom. The Morgan fingerprint density at radius 3 is 2.24 bits per heavy atom. The molecule has 6 heteroatoms. The summed E-state index contributed by atoms with van der Waals surface area (Å²) in [5, 5.41) is 6.62. The maximum absolute atomic E-state index is 12.9. The van der Waals surface area contributed by atoms with Crippen molar-refractivity contribution in [1.82, 2.24) is 9.88 Å². The lowest BCUT2D eigenvalue weighted by molar-refractivity contribution is -0.116. The highest BCUT2D eigenvalue weighted by Crippen LogP contribution is 2.22. The molecule has 6 nitrogen and oxygen atoms in total. The molecule has 0 radical (unpaired) electrons. The molecule has 2 amide bonds. The molecule has 0 bridgehead atoms. The maximum Gasteiger partial charge on any atom is 0.256 e. The number of hydrogen-bond donors (Lipinski definition) is 2. The van der Waals surface area contributed by atoms with Crippen LogP contribution in [0.25, 0.3) is 10.9 Å². The maximum atomic E-state index is 12.9. The number of rotatable bonds is 6. The van der Waals surface area contributed by atoms with Crippen LogP contribution in [-0.2, 0) is 11.2 Å². The summed E-state index contributed by atoms with van der Waals surface area (Å²) in [5.41, 5.74) is 4.72. The summed E-state index contributed by atoms with van der Waals surface area (Å²) in [6.07, 6.45) is 0.895. The van der Waals surface area contributed by atoms with E-state index in [4.69, 9.17) is 0 Å². The number of hydrogen-bond acceptors (Lipinski definition) is 4. The van der Waals surface area contributed by atoms with Gasteiger partial charge in [0, 0.05) is 22.5 Å². The minimum absolute atomic E-state index is 0.0859. The molecule has 2 N–H and O–H groups in total. The molecule has 29 heavy (non-hydrogen) atoms. The fourth-order valence-corrected chi connectivity index (χ4v) is 3.14. The SMILES string of the molecule is CCc1ccc2nc(C)cc(C(=O)Nc3ccc(NC(=O)CN(C)C)cc3)c2c1. The smallest absolute Gasteiger partial charge is 0.256 e. The summed E-state index contributed by atoms with van der Waals surface area (Å²) in [7, 11) is 3.68. The summed E-state index contributed by atoms with van der Waals surface area (Å²) in [6, 6.07) is 14.9. The van der Waals surface area contributed by atoms with Crippen LogP contribution in [0.4, 0.5) is 11.4 Å². The third-order valence-corrected chi connectivity index (χ3v) is 4.54. The molecule has 3 aromatic rings. The van der Waals surface area contributed by atoms with E-state index in [1.807, 2.05) is 45.3 Å². The van der Waals surface area contributed by atoms with Crippen LogP contribution >= 0.6 is 0 Å². The molecular formula is C23H26N4O2. The van der Waals surface area contributed by atoms with Gasteiger partial charge in [-0.15, -0.1) is 0 Å². The van der Waals surface area contributed by atoms with Crippen molar-refractivity contribution in [3.8, 4) is 0 Å². The second-order valence-electron chi connectivity index (χ2n) is 7.33. The largest absolute Gasteiger partial charge is 0.325 e. The van der Waals surface area contributed by atoms with Crippen molar-refractivity contribution < 1.29 is 9.59 Å². The average molecular weight is 390 g/mol. The first-order valence-corrected chi connectivity index (χ1v) is 9.62. The third-order valence-electron chi connectivity index (χ3n) is 4.54. The van der Waals surface area contributed by atoms with Gasteiger partial charge in [-0.05, 0) is 75.5 Å². The van der Waals surface area contributed by atoms with Crippen LogP contribution in [0.15, 0.2) is 48.5 Å². The molecule has 3 rings (SSSR count). The number of anilines is 2. The summed E-state index contributed by atoms with van der Waals surface area (Å²) in [5.74, 6) is -0.268. The Morgan fingerprint density at radius 1 is 0.966 bits per heavy atom. The molecule has 1 heterocycles. The number of benzene rings is 2. The summed E-state index contributed by atoms with van der Waals surface area (Å²) in [4.78, 5) is 31.1. The average Bonchev–Trinajstić information content (AvgIpc) is 2.67. The van der Waals surface area contributed by atoms with Crippen molar-refractivity contribution in [2.24, 2.45) is 0 Å². The number of carbonyl (C=O) groups excluding carboxylic acids is 2. The van der Waals surface area contributed by atoms with Crippen molar-refractivity contribution >= 4 is 34.1 Å². The summed E-state index contributed by atoms with van der Waals surface area (Å²) < 4.78 is 0. The number of likely N-dealkylation sites (N-methyl/N-ethyl adjacent to an activating group) is 1. The second-order valence-corrected chi connectivity index (χ2v) is 7.33. The number of carbonyl (C=O) groups is 2. The predicted molar refractivity (Wildman–Crippen MR) is 117 cm³/mol. The van der Waals surface area contributed by atoms with Crippen LogP contribution in [0.5, 0.6) is 0 Å². The lowest BCUT2D eigenvalue weighted by Gasteiger charge is -2.12. The molecule has 0 saturated carbocycles. The van der Waals surface area contributed by atoms with E-state index in [1.54, 1.807) is 29.2 Å². The molecule has 0 atom stereocenters. The Labute approximate surface area is 170 Å². The van der Waals surface area contributed by atoms with Gasteiger partial charge in [0.15, 0.2) is 0 Å². The number of aryl methyl sites for hydroxylation is 2. The molecule has 0 spiro atoms. The molecule has 2 aromatic carbocycles. The zero-order chi connectivity index (χ0) is 21.0. The topological polar surface area (TPSA) is 74.3 Å². The Balaban J connectivity index is 1.79. The first-order valence-electron chi connectivity index (χ1n) is 9.62. The van der Waals surface area contributed by atoms with Crippen LogP contribution in [0.2, 0.25) is 0 Å². The Hall–Kier alpha value is -3.25. The van der Waals surface area contributed by atoms with Crippen molar-refractivity contribution in [3.63, 3.8) is 0 Å². The molecule has 1 aromatic heterocycles. The number of fused-ring (bicyclic) bond motifs is 1. The first-order chi connectivity index (χ1) is 13.9. The van der Waals surface area contributed by atoms with E-state index >= 15 is 0 Å². The highest BCUT2D eigenvalue weighted by Gasteiger charge is 2.13. The van der Waals surface area contributed by atoms with Gasteiger partial charge in [-0.1, -0.05) is 13.0 Å².